The van der Waals surface area contributed by atoms with E-state index in [-0.39, 0.29) is 17.4 Å². The molecule has 182 valence electrons. The van der Waals surface area contributed by atoms with Crippen LogP contribution in [0.1, 0.15) is 12.8 Å². The van der Waals surface area contributed by atoms with Crippen molar-refractivity contribution in [2.45, 2.75) is 25.1 Å². The number of aliphatic hydroxyl groups is 1. The number of thioether (sulfide) groups is 1. The molecule has 0 radical (unpaired) electrons. The molecular weight excluding hydrogens is 466 g/mol. The third-order valence-electron chi connectivity index (χ3n) is 4.69. The number of likely N-dealkylation sites (N-methyl/N-ethyl adjacent to an activating group) is 2. The number of nitrogens with zero attached hydrogens (tertiary/aromatic N) is 3. The zero-order chi connectivity index (χ0) is 24.4. The van der Waals surface area contributed by atoms with Gasteiger partial charge in [-0.3, -0.25) is 20.3 Å². The smallest absolute Gasteiger partial charge is 0.276 e. The van der Waals surface area contributed by atoms with Crippen molar-refractivity contribution in [3.63, 3.8) is 0 Å². The average molecular weight is 498 g/mol. The van der Waals surface area contributed by atoms with Gasteiger partial charge in [0.05, 0.1) is 11.1 Å². The Morgan fingerprint density at radius 2 is 2.15 bits per heavy atom. The molecule has 12 heteroatoms. The van der Waals surface area contributed by atoms with Crippen LogP contribution < -0.4 is 16.0 Å². The van der Waals surface area contributed by atoms with Crippen molar-refractivity contribution in [1.29, 1.82) is 5.41 Å². The SMILES string of the molecule is CN(C)C[C@H](CNC(O)C(=O)Nc1ccc(Cl)cn1)NC(=O)C(=N)SC1=CCCCN(C)C1. The number of rotatable bonds is 9. The minimum atomic E-state index is -1.51. The summed E-state index contributed by atoms with van der Waals surface area (Å²) in [7, 11) is 5.72. The van der Waals surface area contributed by atoms with Crippen molar-refractivity contribution in [1.82, 2.24) is 25.4 Å². The van der Waals surface area contributed by atoms with E-state index < -0.39 is 24.1 Å². The quantitative estimate of drug-likeness (QED) is 0.193. The molecule has 0 saturated carbocycles. The van der Waals surface area contributed by atoms with Gasteiger partial charge in [0.15, 0.2) is 11.3 Å². The number of anilines is 1. The fraction of sp³-hybridized carbons (Fsp3) is 0.524. The lowest BCUT2D eigenvalue weighted by atomic mass is 10.2. The maximum atomic E-state index is 12.6. The summed E-state index contributed by atoms with van der Waals surface area (Å²) in [5, 5.41) is 26.7. The van der Waals surface area contributed by atoms with Crippen molar-refractivity contribution >= 4 is 46.0 Å². The van der Waals surface area contributed by atoms with E-state index in [1.54, 1.807) is 6.07 Å². The van der Waals surface area contributed by atoms with Crippen LogP contribution in [0.25, 0.3) is 0 Å². The third kappa shape index (κ3) is 10.2. The second-order valence-corrected chi connectivity index (χ2v) is 9.65. The molecule has 1 aliphatic heterocycles. The number of hydrogen-bond acceptors (Lipinski definition) is 9. The number of amides is 2. The highest BCUT2D eigenvalue weighted by molar-refractivity contribution is 8.18. The Kier molecular flexibility index (Phi) is 11.2. The molecule has 1 aromatic rings. The van der Waals surface area contributed by atoms with E-state index in [0.717, 1.165) is 36.1 Å². The predicted molar refractivity (Wildman–Crippen MR) is 133 cm³/mol. The van der Waals surface area contributed by atoms with Gasteiger partial charge in [-0.2, -0.15) is 0 Å². The normalized spacial score (nSPS) is 16.5. The Labute approximate surface area is 203 Å². The van der Waals surface area contributed by atoms with Crippen LogP contribution in [0.2, 0.25) is 5.02 Å². The lowest BCUT2D eigenvalue weighted by Gasteiger charge is -2.24. The molecular formula is C21H32ClN7O3S. The molecule has 0 bridgehead atoms. The van der Waals surface area contributed by atoms with Crippen LogP contribution in [-0.4, -0.2) is 96.3 Å². The van der Waals surface area contributed by atoms with E-state index in [4.69, 9.17) is 17.0 Å². The largest absolute Gasteiger partial charge is 0.370 e. The zero-order valence-corrected chi connectivity index (χ0v) is 20.7. The first kappa shape index (κ1) is 27.2. The molecule has 0 spiro atoms. The number of allylic oxidation sites excluding steroid dienone is 1. The van der Waals surface area contributed by atoms with Gasteiger partial charge in [0, 0.05) is 30.7 Å². The monoisotopic (exact) mass is 497 g/mol. The summed E-state index contributed by atoms with van der Waals surface area (Å²) in [6, 6.07) is 2.66. The molecule has 2 amide bonds. The third-order valence-corrected chi connectivity index (χ3v) is 5.86. The number of aromatic nitrogens is 1. The molecule has 0 aliphatic carbocycles. The van der Waals surface area contributed by atoms with Crippen molar-refractivity contribution in [2.24, 2.45) is 0 Å². The number of nitrogens with one attached hydrogen (secondary N) is 4. The summed E-state index contributed by atoms with van der Waals surface area (Å²) in [6.45, 7) is 2.28. The Hall–Kier alpha value is -2.02. The van der Waals surface area contributed by atoms with Crippen LogP contribution in [0.5, 0.6) is 0 Å². The first-order valence-corrected chi connectivity index (χ1v) is 11.8. The number of aliphatic hydroxyl groups excluding tert-OH is 1. The first-order chi connectivity index (χ1) is 15.6. The van der Waals surface area contributed by atoms with E-state index in [1.807, 2.05) is 26.0 Å². The molecule has 2 rings (SSSR count). The number of halogens is 1. The highest BCUT2D eigenvalue weighted by Crippen LogP contribution is 2.21. The molecule has 5 N–H and O–H groups in total. The summed E-state index contributed by atoms with van der Waals surface area (Å²) >= 11 is 6.94. The lowest BCUT2D eigenvalue weighted by molar-refractivity contribution is -0.125. The number of pyridine rings is 1. The summed E-state index contributed by atoms with van der Waals surface area (Å²) in [5.74, 6) is -0.925. The Balaban J connectivity index is 1.87. The molecule has 10 nitrogen and oxygen atoms in total. The fourth-order valence-corrected chi connectivity index (χ4v) is 4.14. The van der Waals surface area contributed by atoms with Crippen LogP contribution in [0.3, 0.4) is 0 Å². The van der Waals surface area contributed by atoms with E-state index >= 15 is 0 Å². The van der Waals surface area contributed by atoms with Gasteiger partial charge >= 0.3 is 0 Å². The standard InChI is InChI=1S/C21H32ClN7O3S/c1-28(2)12-15(11-25-20(31)21(32)27-17-8-7-14(22)10-24-17)26-19(30)18(23)33-16-6-4-5-9-29(3)13-16/h6-8,10,15,20,23,25,31H,4-5,9,11-13H2,1-3H3,(H,26,30)(H,24,27,32)/t15-,20?/m0/s1. The minimum absolute atomic E-state index is 0.0904. The van der Waals surface area contributed by atoms with E-state index in [0.29, 0.717) is 18.1 Å². The van der Waals surface area contributed by atoms with Crippen molar-refractivity contribution in [2.75, 3.05) is 52.6 Å². The van der Waals surface area contributed by atoms with Crippen LogP contribution in [-0.2, 0) is 9.59 Å². The average Bonchev–Trinajstić information content (AvgIpc) is 2.96. The number of carbonyl (C=O) groups excluding carboxylic acids is 2. The Morgan fingerprint density at radius 3 is 2.82 bits per heavy atom. The van der Waals surface area contributed by atoms with Crippen LogP contribution in [0.15, 0.2) is 29.3 Å². The fourth-order valence-electron chi connectivity index (χ4n) is 3.13. The highest BCUT2D eigenvalue weighted by atomic mass is 35.5. The second kappa shape index (κ2) is 13.6. The lowest BCUT2D eigenvalue weighted by Crippen LogP contribution is -2.52. The van der Waals surface area contributed by atoms with Gasteiger partial charge in [-0.25, -0.2) is 4.98 Å². The Morgan fingerprint density at radius 1 is 1.39 bits per heavy atom. The molecule has 2 heterocycles. The summed E-state index contributed by atoms with van der Waals surface area (Å²) in [6.07, 6.45) is 3.94. The van der Waals surface area contributed by atoms with E-state index in [9.17, 15) is 14.7 Å². The highest BCUT2D eigenvalue weighted by Gasteiger charge is 2.22. The van der Waals surface area contributed by atoms with Crippen molar-refractivity contribution in [3.8, 4) is 0 Å². The van der Waals surface area contributed by atoms with Crippen LogP contribution >= 0.6 is 23.4 Å². The summed E-state index contributed by atoms with van der Waals surface area (Å²) < 4.78 is 0. The van der Waals surface area contributed by atoms with Crippen molar-refractivity contribution in [3.05, 3.63) is 34.3 Å². The van der Waals surface area contributed by atoms with Gasteiger partial charge in [0.25, 0.3) is 11.8 Å². The zero-order valence-electron chi connectivity index (χ0n) is 19.1. The van der Waals surface area contributed by atoms with Crippen LogP contribution in [0.4, 0.5) is 5.82 Å². The molecule has 2 atom stereocenters. The topological polar surface area (TPSA) is 134 Å². The van der Waals surface area contributed by atoms with Crippen molar-refractivity contribution < 1.29 is 14.7 Å². The van der Waals surface area contributed by atoms with E-state index in [2.05, 4.69) is 31.9 Å². The molecule has 1 unspecified atom stereocenters. The van der Waals surface area contributed by atoms with Gasteiger partial charge in [-0.05, 0) is 52.7 Å². The van der Waals surface area contributed by atoms with Gasteiger partial charge in [-0.1, -0.05) is 29.4 Å². The van der Waals surface area contributed by atoms with Gasteiger partial charge < -0.3 is 25.5 Å². The van der Waals surface area contributed by atoms with Gasteiger partial charge in [-0.15, -0.1) is 0 Å². The number of hydrogen-bond donors (Lipinski definition) is 5. The molecule has 0 fully saturated rings. The molecule has 33 heavy (non-hydrogen) atoms. The first-order valence-electron chi connectivity index (χ1n) is 10.6. The minimum Gasteiger partial charge on any atom is -0.370 e. The predicted octanol–water partition coefficient (Wildman–Crippen LogP) is 0.948. The molecule has 1 aromatic heterocycles. The second-order valence-electron chi connectivity index (χ2n) is 8.08. The summed E-state index contributed by atoms with van der Waals surface area (Å²) in [4.78, 5) is 33.8. The Bertz CT molecular complexity index is 851. The van der Waals surface area contributed by atoms with Crippen LogP contribution in [0, 0.1) is 5.41 Å². The molecule has 1 aliphatic rings. The van der Waals surface area contributed by atoms with E-state index in [1.165, 1.54) is 12.3 Å². The van der Waals surface area contributed by atoms with Gasteiger partial charge in [0.2, 0.25) is 0 Å². The molecule has 0 aromatic carbocycles. The maximum absolute atomic E-state index is 12.6. The maximum Gasteiger partial charge on any atom is 0.276 e. The number of carbonyl (C=O) groups is 2. The molecule has 0 saturated heterocycles. The van der Waals surface area contributed by atoms with Gasteiger partial charge in [0.1, 0.15) is 5.82 Å². The summed E-state index contributed by atoms with van der Waals surface area (Å²) in [5.41, 5.74) is 0.